The lowest BCUT2D eigenvalue weighted by Crippen LogP contribution is -2.46. The fourth-order valence-corrected chi connectivity index (χ4v) is 3.23. The van der Waals surface area contributed by atoms with Gasteiger partial charge in [0.2, 0.25) is 5.88 Å². The maximum Gasteiger partial charge on any atom is 0.437 e. The molecule has 1 saturated heterocycles. The van der Waals surface area contributed by atoms with E-state index in [0.29, 0.717) is 31.3 Å². The third-order valence-corrected chi connectivity index (χ3v) is 4.63. The van der Waals surface area contributed by atoms with Crippen molar-refractivity contribution in [3.05, 3.63) is 47.9 Å². The van der Waals surface area contributed by atoms with E-state index in [1.807, 2.05) is 24.0 Å². The Hall–Kier alpha value is -3.56. The highest BCUT2D eigenvalue weighted by atomic mass is 19.1. The first-order valence-electron chi connectivity index (χ1n) is 9.60. The number of ether oxygens (including phenoxy) is 2. The number of halogens is 1. The first-order valence-corrected chi connectivity index (χ1v) is 9.60. The van der Waals surface area contributed by atoms with E-state index in [1.165, 1.54) is 0 Å². The molecule has 1 fully saturated rings. The molecule has 0 atom stereocenters. The molecule has 0 spiro atoms. The Morgan fingerprint density at radius 1 is 1.20 bits per heavy atom. The molecule has 1 aromatic carbocycles. The molecule has 1 aromatic heterocycles. The molecule has 160 valence electrons. The zero-order valence-electron chi connectivity index (χ0n) is 16.8. The molecule has 9 nitrogen and oxygen atoms in total. The lowest BCUT2D eigenvalue weighted by Gasteiger charge is -2.37. The van der Waals surface area contributed by atoms with E-state index >= 15 is 0 Å². The first-order chi connectivity index (χ1) is 14.5. The van der Waals surface area contributed by atoms with Gasteiger partial charge in [0, 0.05) is 49.7 Å². The zero-order valence-corrected chi connectivity index (χ0v) is 16.8. The summed E-state index contributed by atoms with van der Waals surface area (Å²) in [7, 11) is 0. The lowest BCUT2D eigenvalue weighted by molar-refractivity contribution is 0.149. The zero-order chi connectivity index (χ0) is 21.5. The third kappa shape index (κ3) is 5.28. The molecule has 2 heterocycles. The van der Waals surface area contributed by atoms with Crippen molar-refractivity contribution in [2.24, 2.45) is 16.5 Å². The van der Waals surface area contributed by atoms with Gasteiger partial charge in [0.1, 0.15) is 6.61 Å². The summed E-state index contributed by atoms with van der Waals surface area (Å²) in [5, 5.41) is 0. The van der Waals surface area contributed by atoms with E-state index in [1.54, 1.807) is 24.4 Å². The summed E-state index contributed by atoms with van der Waals surface area (Å²) in [5.41, 5.74) is 12.0. The highest BCUT2D eigenvalue weighted by Crippen LogP contribution is 2.26. The van der Waals surface area contributed by atoms with E-state index in [4.69, 9.17) is 20.9 Å². The van der Waals surface area contributed by atoms with Crippen molar-refractivity contribution >= 4 is 23.4 Å². The lowest BCUT2D eigenvalue weighted by atomic mass is 10.1. The van der Waals surface area contributed by atoms with Crippen LogP contribution in [0.1, 0.15) is 12.5 Å². The predicted octanol–water partition coefficient (Wildman–Crippen LogP) is 1.86. The second-order valence-electron chi connectivity index (χ2n) is 6.60. The summed E-state index contributed by atoms with van der Waals surface area (Å²) >= 11 is 0. The summed E-state index contributed by atoms with van der Waals surface area (Å²) in [6, 6.07) is 8.84. The van der Waals surface area contributed by atoms with Crippen LogP contribution in [0.5, 0.6) is 5.88 Å². The standard InChI is InChI=1S/C20H25FN6O3/c1-2-29-17-12-15(6-7-24-17)26-8-10-27(11-9-26)16-5-3-4-14(18(16)21)13-30-20(28)25-19(22)23/h3-7,12H,2,8-11,13H2,1H3,(H4,22,23,25,28). The highest BCUT2D eigenvalue weighted by molar-refractivity contribution is 5.87. The minimum atomic E-state index is -0.961. The van der Waals surface area contributed by atoms with Crippen LogP contribution < -0.4 is 26.0 Å². The molecule has 3 rings (SSSR count). The van der Waals surface area contributed by atoms with Crippen LogP contribution in [0.4, 0.5) is 20.6 Å². The molecule has 1 aliphatic heterocycles. The van der Waals surface area contributed by atoms with Gasteiger partial charge in [-0.2, -0.15) is 0 Å². The van der Waals surface area contributed by atoms with E-state index in [9.17, 15) is 9.18 Å². The number of hydrogen-bond acceptors (Lipinski definition) is 6. The molecule has 2 aromatic rings. The molecule has 0 aliphatic carbocycles. The smallest absolute Gasteiger partial charge is 0.437 e. The number of nitrogens with zero attached hydrogens (tertiary/aromatic N) is 4. The van der Waals surface area contributed by atoms with Gasteiger partial charge in [0.25, 0.3) is 0 Å². The number of piperazine rings is 1. The highest BCUT2D eigenvalue weighted by Gasteiger charge is 2.21. The normalized spacial score (nSPS) is 13.7. The van der Waals surface area contributed by atoms with Crippen LogP contribution in [0.25, 0.3) is 0 Å². The van der Waals surface area contributed by atoms with Gasteiger partial charge in [-0.3, -0.25) is 0 Å². The summed E-state index contributed by atoms with van der Waals surface area (Å²) in [6.07, 6.45) is 0.761. The van der Waals surface area contributed by atoms with Crippen molar-refractivity contribution in [2.75, 3.05) is 42.6 Å². The van der Waals surface area contributed by atoms with Gasteiger partial charge in [-0.05, 0) is 19.1 Å². The van der Waals surface area contributed by atoms with Gasteiger partial charge in [-0.15, -0.1) is 4.99 Å². The van der Waals surface area contributed by atoms with Gasteiger partial charge in [-0.25, -0.2) is 14.2 Å². The largest absolute Gasteiger partial charge is 0.478 e. The van der Waals surface area contributed by atoms with Gasteiger partial charge in [0.15, 0.2) is 11.8 Å². The third-order valence-electron chi connectivity index (χ3n) is 4.63. The summed E-state index contributed by atoms with van der Waals surface area (Å²) in [6.45, 7) is 4.93. The molecular weight excluding hydrogens is 391 g/mol. The van der Waals surface area contributed by atoms with Crippen LogP contribution in [0.3, 0.4) is 0 Å². The Morgan fingerprint density at radius 2 is 1.93 bits per heavy atom. The molecule has 0 saturated carbocycles. The minimum Gasteiger partial charge on any atom is -0.478 e. The molecule has 10 heteroatoms. The second-order valence-corrected chi connectivity index (χ2v) is 6.60. The van der Waals surface area contributed by atoms with Crippen molar-refractivity contribution < 1.29 is 18.7 Å². The van der Waals surface area contributed by atoms with E-state index < -0.39 is 17.9 Å². The predicted molar refractivity (Wildman–Crippen MR) is 112 cm³/mol. The fraction of sp³-hybridized carbons (Fsp3) is 0.350. The topological polar surface area (TPSA) is 119 Å². The van der Waals surface area contributed by atoms with Crippen LogP contribution in [-0.2, 0) is 11.3 Å². The monoisotopic (exact) mass is 416 g/mol. The van der Waals surface area contributed by atoms with Crippen LogP contribution in [-0.4, -0.2) is 49.8 Å². The van der Waals surface area contributed by atoms with Crippen molar-refractivity contribution in [2.45, 2.75) is 13.5 Å². The molecular formula is C20H25FN6O3. The number of guanidine groups is 1. The van der Waals surface area contributed by atoms with Gasteiger partial charge >= 0.3 is 6.09 Å². The van der Waals surface area contributed by atoms with E-state index in [-0.39, 0.29) is 12.2 Å². The Labute approximate surface area is 174 Å². The maximum absolute atomic E-state index is 15.0. The first kappa shape index (κ1) is 21.2. The van der Waals surface area contributed by atoms with Crippen LogP contribution in [0.15, 0.2) is 41.5 Å². The van der Waals surface area contributed by atoms with Crippen molar-refractivity contribution in [3.63, 3.8) is 0 Å². The van der Waals surface area contributed by atoms with Crippen molar-refractivity contribution in [1.29, 1.82) is 0 Å². The number of pyridine rings is 1. The second kappa shape index (κ2) is 9.77. The maximum atomic E-state index is 15.0. The number of benzene rings is 1. The van der Waals surface area contributed by atoms with Gasteiger partial charge < -0.3 is 30.7 Å². The summed E-state index contributed by atoms with van der Waals surface area (Å²) in [4.78, 5) is 23.1. The quantitative estimate of drug-likeness (QED) is 0.541. The minimum absolute atomic E-state index is 0.254. The summed E-state index contributed by atoms with van der Waals surface area (Å²) in [5.74, 6) is -0.243. The average molecular weight is 416 g/mol. The van der Waals surface area contributed by atoms with Crippen molar-refractivity contribution in [1.82, 2.24) is 4.98 Å². The average Bonchev–Trinajstić information content (AvgIpc) is 2.73. The van der Waals surface area contributed by atoms with Crippen LogP contribution in [0.2, 0.25) is 0 Å². The van der Waals surface area contributed by atoms with Crippen LogP contribution in [0, 0.1) is 5.82 Å². The molecule has 4 N–H and O–H groups in total. The molecule has 0 bridgehead atoms. The SMILES string of the molecule is CCOc1cc(N2CCN(c3cccc(COC(=O)N=C(N)N)c3F)CC2)ccn1. The van der Waals surface area contributed by atoms with Crippen LogP contribution >= 0.6 is 0 Å². The Morgan fingerprint density at radius 3 is 2.63 bits per heavy atom. The number of carbonyl (C=O) groups is 1. The number of anilines is 2. The molecule has 1 amide bonds. The number of hydrogen-bond donors (Lipinski definition) is 2. The van der Waals surface area contributed by atoms with Gasteiger partial charge in [0.05, 0.1) is 12.3 Å². The number of aromatic nitrogens is 1. The summed E-state index contributed by atoms with van der Waals surface area (Å²) < 4.78 is 25.3. The Kier molecular flexibility index (Phi) is 6.89. The Balaban J connectivity index is 1.63. The Bertz CT molecular complexity index is 911. The molecule has 1 aliphatic rings. The number of rotatable bonds is 6. The molecule has 0 radical (unpaired) electrons. The molecule has 30 heavy (non-hydrogen) atoms. The number of amides is 1. The van der Waals surface area contributed by atoms with E-state index in [2.05, 4.69) is 14.9 Å². The van der Waals surface area contributed by atoms with E-state index in [0.717, 1.165) is 18.8 Å². The number of aliphatic imine (C=N–C) groups is 1. The fourth-order valence-electron chi connectivity index (χ4n) is 3.23. The number of nitrogens with two attached hydrogens (primary N) is 2. The van der Waals surface area contributed by atoms with Gasteiger partial charge in [-0.1, -0.05) is 12.1 Å². The molecule has 0 unspecified atom stereocenters. The van der Waals surface area contributed by atoms with Crippen molar-refractivity contribution in [3.8, 4) is 5.88 Å². The number of carbonyl (C=O) groups excluding carboxylic acids is 1.